The SMILES string of the molecule is COc1ccc(CNCCc2ncn(C)n2)cc1. The van der Waals surface area contributed by atoms with Crippen LogP contribution in [0.1, 0.15) is 11.4 Å². The molecule has 0 bridgehead atoms. The van der Waals surface area contributed by atoms with Gasteiger partial charge in [0.25, 0.3) is 0 Å². The van der Waals surface area contributed by atoms with E-state index in [2.05, 4.69) is 27.5 Å². The smallest absolute Gasteiger partial charge is 0.151 e. The summed E-state index contributed by atoms with van der Waals surface area (Å²) in [6.07, 6.45) is 2.57. The second-order valence-corrected chi connectivity index (χ2v) is 4.11. The molecule has 0 fully saturated rings. The average molecular weight is 246 g/mol. The maximum absolute atomic E-state index is 5.12. The van der Waals surface area contributed by atoms with Crippen LogP contribution in [0.5, 0.6) is 5.75 Å². The standard InChI is InChI=1S/C13H18N4O/c1-17-10-15-13(16-17)7-8-14-9-11-3-5-12(18-2)6-4-11/h3-6,10,14H,7-9H2,1-2H3. The highest BCUT2D eigenvalue weighted by Gasteiger charge is 1.98. The Morgan fingerprint density at radius 3 is 2.67 bits per heavy atom. The van der Waals surface area contributed by atoms with Crippen molar-refractivity contribution in [2.45, 2.75) is 13.0 Å². The second-order valence-electron chi connectivity index (χ2n) is 4.11. The van der Waals surface area contributed by atoms with Gasteiger partial charge < -0.3 is 10.1 Å². The van der Waals surface area contributed by atoms with E-state index in [9.17, 15) is 0 Å². The van der Waals surface area contributed by atoms with E-state index in [1.165, 1.54) is 5.56 Å². The van der Waals surface area contributed by atoms with Crippen molar-refractivity contribution in [3.63, 3.8) is 0 Å². The number of benzene rings is 1. The molecule has 0 atom stereocenters. The van der Waals surface area contributed by atoms with E-state index < -0.39 is 0 Å². The summed E-state index contributed by atoms with van der Waals surface area (Å²) < 4.78 is 6.84. The van der Waals surface area contributed by atoms with Crippen molar-refractivity contribution in [2.24, 2.45) is 7.05 Å². The van der Waals surface area contributed by atoms with E-state index >= 15 is 0 Å². The number of methoxy groups -OCH3 is 1. The van der Waals surface area contributed by atoms with Gasteiger partial charge in [-0.15, -0.1) is 0 Å². The lowest BCUT2D eigenvalue weighted by molar-refractivity contribution is 0.414. The Morgan fingerprint density at radius 2 is 2.06 bits per heavy atom. The molecular formula is C13H18N4O. The van der Waals surface area contributed by atoms with Crippen LogP contribution >= 0.6 is 0 Å². The summed E-state index contributed by atoms with van der Waals surface area (Å²) in [5.41, 5.74) is 1.24. The van der Waals surface area contributed by atoms with Gasteiger partial charge in [-0.05, 0) is 17.7 Å². The van der Waals surface area contributed by atoms with Crippen LogP contribution in [0.3, 0.4) is 0 Å². The van der Waals surface area contributed by atoms with Gasteiger partial charge in [0.1, 0.15) is 12.1 Å². The molecule has 0 aliphatic heterocycles. The third-order valence-electron chi connectivity index (χ3n) is 2.66. The Hall–Kier alpha value is -1.88. The molecule has 18 heavy (non-hydrogen) atoms. The molecule has 2 rings (SSSR count). The molecule has 0 amide bonds. The number of rotatable bonds is 6. The number of nitrogens with one attached hydrogen (secondary N) is 1. The highest BCUT2D eigenvalue weighted by Crippen LogP contribution is 2.10. The zero-order chi connectivity index (χ0) is 12.8. The van der Waals surface area contributed by atoms with Crippen LogP contribution in [0.25, 0.3) is 0 Å². The van der Waals surface area contributed by atoms with Crippen LogP contribution in [-0.4, -0.2) is 28.4 Å². The van der Waals surface area contributed by atoms with E-state index in [-0.39, 0.29) is 0 Å². The molecule has 1 aromatic carbocycles. The average Bonchev–Trinajstić information content (AvgIpc) is 2.81. The van der Waals surface area contributed by atoms with Crippen LogP contribution in [0.15, 0.2) is 30.6 Å². The molecule has 0 saturated heterocycles. The Bertz CT molecular complexity index is 478. The van der Waals surface area contributed by atoms with Crippen molar-refractivity contribution in [3.8, 4) is 5.75 Å². The second kappa shape index (κ2) is 6.16. The van der Waals surface area contributed by atoms with Crippen molar-refractivity contribution in [3.05, 3.63) is 42.0 Å². The van der Waals surface area contributed by atoms with Crippen LogP contribution in [-0.2, 0) is 20.0 Å². The summed E-state index contributed by atoms with van der Waals surface area (Å²) in [6, 6.07) is 8.06. The van der Waals surface area contributed by atoms with Gasteiger partial charge in [0.15, 0.2) is 5.82 Å². The van der Waals surface area contributed by atoms with Gasteiger partial charge >= 0.3 is 0 Å². The molecule has 1 aromatic heterocycles. The lowest BCUT2D eigenvalue weighted by Gasteiger charge is -2.04. The summed E-state index contributed by atoms with van der Waals surface area (Å²) >= 11 is 0. The summed E-state index contributed by atoms with van der Waals surface area (Å²) in [5, 5.41) is 7.59. The molecule has 5 heteroatoms. The van der Waals surface area contributed by atoms with E-state index in [0.717, 1.165) is 31.1 Å². The number of hydrogen-bond acceptors (Lipinski definition) is 4. The zero-order valence-electron chi connectivity index (χ0n) is 10.8. The normalized spacial score (nSPS) is 10.6. The Morgan fingerprint density at radius 1 is 1.28 bits per heavy atom. The van der Waals surface area contributed by atoms with E-state index in [4.69, 9.17) is 4.74 Å². The number of nitrogens with zero attached hydrogens (tertiary/aromatic N) is 3. The van der Waals surface area contributed by atoms with Crippen molar-refractivity contribution in [2.75, 3.05) is 13.7 Å². The Balaban J connectivity index is 1.71. The van der Waals surface area contributed by atoms with E-state index in [1.807, 2.05) is 19.2 Å². The molecule has 2 aromatic rings. The van der Waals surface area contributed by atoms with Crippen molar-refractivity contribution in [1.29, 1.82) is 0 Å². The largest absolute Gasteiger partial charge is 0.497 e. The quantitative estimate of drug-likeness (QED) is 0.777. The fourth-order valence-electron chi connectivity index (χ4n) is 1.67. The van der Waals surface area contributed by atoms with Crippen molar-refractivity contribution < 1.29 is 4.74 Å². The van der Waals surface area contributed by atoms with Crippen LogP contribution in [0.4, 0.5) is 0 Å². The van der Waals surface area contributed by atoms with Crippen LogP contribution in [0.2, 0.25) is 0 Å². The number of ether oxygens (including phenoxy) is 1. The fraction of sp³-hybridized carbons (Fsp3) is 0.385. The van der Waals surface area contributed by atoms with Gasteiger partial charge in [0.05, 0.1) is 7.11 Å². The topological polar surface area (TPSA) is 52.0 Å². The third-order valence-corrected chi connectivity index (χ3v) is 2.66. The lowest BCUT2D eigenvalue weighted by Crippen LogP contribution is -2.17. The first-order valence-corrected chi connectivity index (χ1v) is 5.96. The predicted octanol–water partition coefficient (Wildman–Crippen LogP) is 1.16. The molecule has 1 heterocycles. The number of aryl methyl sites for hydroxylation is 1. The Kier molecular flexibility index (Phi) is 4.30. The van der Waals surface area contributed by atoms with Crippen LogP contribution < -0.4 is 10.1 Å². The first-order valence-electron chi connectivity index (χ1n) is 5.96. The van der Waals surface area contributed by atoms with E-state index in [1.54, 1.807) is 18.1 Å². The molecule has 0 aliphatic carbocycles. The molecule has 5 nitrogen and oxygen atoms in total. The van der Waals surface area contributed by atoms with Gasteiger partial charge in [-0.2, -0.15) is 5.10 Å². The fourth-order valence-corrected chi connectivity index (χ4v) is 1.67. The molecule has 0 saturated carbocycles. The van der Waals surface area contributed by atoms with Gasteiger partial charge in [0, 0.05) is 26.6 Å². The minimum Gasteiger partial charge on any atom is -0.497 e. The first kappa shape index (κ1) is 12.6. The predicted molar refractivity (Wildman–Crippen MR) is 69.4 cm³/mol. The monoisotopic (exact) mass is 246 g/mol. The third kappa shape index (κ3) is 3.56. The van der Waals surface area contributed by atoms with Crippen molar-refractivity contribution >= 4 is 0 Å². The van der Waals surface area contributed by atoms with Crippen LogP contribution in [0, 0.1) is 0 Å². The lowest BCUT2D eigenvalue weighted by atomic mass is 10.2. The minimum atomic E-state index is 0.844. The highest BCUT2D eigenvalue weighted by molar-refractivity contribution is 5.26. The van der Waals surface area contributed by atoms with Gasteiger partial charge in [-0.1, -0.05) is 12.1 Å². The molecule has 96 valence electrons. The molecule has 0 radical (unpaired) electrons. The molecule has 0 unspecified atom stereocenters. The minimum absolute atomic E-state index is 0.844. The number of aromatic nitrogens is 3. The molecule has 1 N–H and O–H groups in total. The van der Waals surface area contributed by atoms with Gasteiger partial charge in [0.2, 0.25) is 0 Å². The summed E-state index contributed by atoms with van der Waals surface area (Å²) in [6.45, 7) is 1.72. The first-order chi connectivity index (χ1) is 8.78. The summed E-state index contributed by atoms with van der Waals surface area (Å²) in [4.78, 5) is 4.18. The summed E-state index contributed by atoms with van der Waals surface area (Å²) in [7, 11) is 3.55. The number of hydrogen-bond donors (Lipinski definition) is 1. The van der Waals surface area contributed by atoms with Gasteiger partial charge in [-0.3, -0.25) is 4.68 Å². The zero-order valence-corrected chi connectivity index (χ0v) is 10.8. The maximum Gasteiger partial charge on any atom is 0.151 e. The van der Waals surface area contributed by atoms with E-state index in [0.29, 0.717) is 0 Å². The molecule has 0 spiro atoms. The van der Waals surface area contributed by atoms with Gasteiger partial charge in [-0.25, -0.2) is 4.98 Å². The maximum atomic E-state index is 5.12. The Labute approximate surface area is 107 Å². The summed E-state index contributed by atoms with van der Waals surface area (Å²) in [5.74, 6) is 1.76. The highest BCUT2D eigenvalue weighted by atomic mass is 16.5. The van der Waals surface area contributed by atoms with Crippen molar-refractivity contribution in [1.82, 2.24) is 20.1 Å². The molecule has 0 aliphatic rings. The molecular weight excluding hydrogens is 228 g/mol.